The average Bonchev–Trinajstić information content (AvgIpc) is 2.50. The van der Waals surface area contributed by atoms with Crippen LogP contribution in [0.4, 0.5) is 5.82 Å². The van der Waals surface area contributed by atoms with Crippen molar-refractivity contribution in [1.29, 1.82) is 0 Å². The number of carbonyl (C=O) groups excluding carboxylic acids is 1. The lowest BCUT2D eigenvalue weighted by Crippen LogP contribution is -2.13. The summed E-state index contributed by atoms with van der Waals surface area (Å²) in [5.74, 6) is 0.156. The van der Waals surface area contributed by atoms with Gasteiger partial charge in [0.2, 0.25) is 0 Å². The van der Waals surface area contributed by atoms with Gasteiger partial charge in [-0.3, -0.25) is 4.79 Å². The van der Waals surface area contributed by atoms with Crippen LogP contribution < -0.4 is 5.32 Å². The molecule has 104 valence electrons. The van der Waals surface area contributed by atoms with Gasteiger partial charge in [-0.1, -0.05) is 11.6 Å². The molecule has 3 heterocycles. The molecule has 1 N–H and O–H groups in total. The number of aryl methyl sites for hydroxylation is 1. The van der Waals surface area contributed by atoms with Crippen molar-refractivity contribution in [3.8, 4) is 0 Å². The van der Waals surface area contributed by atoms with Crippen LogP contribution >= 0.6 is 11.6 Å². The summed E-state index contributed by atoms with van der Waals surface area (Å²) in [5, 5.41) is 4.03. The van der Waals surface area contributed by atoms with Gasteiger partial charge in [-0.05, 0) is 42.8 Å². The molecular formula is C15H11ClN4O. The van der Waals surface area contributed by atoms with E-state index in [1.807, 2.05) is 18.2 Å². The highest BCUT2D eigenvalue weighted by Crippen LogP contribution is 2.15. The van der Waals surface area contributed by atoms with Crippen LogP contribution in [0.2, 0.25) is 5.15 Å². The number of hydrogen-bond donors (Lipinski definition) is 1. The first-order valence-electron chi connectivity index (χ1n) is 6.29. The molecule has 0 aromatic carbocycles. The molecule has 0 radical (unpaired) electrons. The lowest BCUT2D eigenvalue weighted by molar-refractivity contribution is 0.102. The summed E-state index contributed by atoms with van der Waals surface area (Å²) in [6.45, 7) is 1.80. The van der Waals surface area contributed by atoms with E-state index in [1.165, 1.54) is 6.20 Å². The molecule has 21 heavy (non-hydrogen) atoms. The van der Waals surface area contributed by atoms with Crippen LogP contribution in [0.1, 0.15) is 15.9 Å². The maximum absolute atomic E-state index is 12.2. The fourth-order valence-electron chi connectivity index (χ4n) is 1.89. The summed E-state index contributed by atoms with van der Waals surface area (Å²) < 4.78 is 0. The molecule has 0 atom stereocenters. The zero-order chi connectivity index (χ0) is 14.8. The van der Waals surface area contributed by atoms with Gasteiger partial charge in [0.1, 0.15) is 11.0 Å². The van der Waals surface area contributed by atoms with Gasteiger partial charge in [-0.25, -0.2) is 15.0 Å². The van der Waals surface area contributed by atoms with Crippen molar-refractivity contribution in [3.63, 3.8) is 0 Å². The predicted molar refractivity (Wildman–Crippen MR) is 81.5 cm³/mol. The first-order valence-corrected chi connectivity index (χ1v) is 6.66. The van der Waals surface area contributed by atoms with Crippen LogP contribution in [0, 0.1) is 6.92 Å². The zero-order valence-electron chi connectivity index (χ0n) is 11.2. The van der Waals surface area contributed by atoms with Crippen LogP contribution in [-0.2, 0) is 0 Å². The highest BCUT2D eigenvalue weighted by Gasteiger charge is 2.09. The van der Waals surface area contributed by atoms with Crippen LogP contribution in [0.25, 0.3) is 11.0 Å². The Balaban J connectivity index is 1.87. The Labute approximate surface area is 126 Å². The molecule has 0 aliphatic carbocycles. The van der Waals surface area contributed by atoms with E-state index in [0.717, 1.165) is 10.9 Å². The summed E-state index contributed by atoms with van der Waals surface area (Å²) in [5.41, 5.74) is 1.76. The van der Waals surface area contributed by atoms with E-state index in [4.69, 9.17) is 11.6 Å². The van der Waals surface area contributed by atoms with E-state index < -0.39 is 0 Å². The third-order valence-electron chi connectivity index (χ3n) is 2.98. The molecule has 5 nitrogen and oxygen atoms in total. The van der Waals surface area contributed by atoms with Gasteiger partial charge in [0, 0.05) is 17.8 Å². The monoisotopic (exact) mass is 298 g/mol. The van der Waals surface area contributed by atoms with Gasteiger partial charge in [0.05, 0.1) is 5.56 Å². The van der Waals surface area contributed by atoms with Crippen molar-refractivity contribution in [3.05, 3.63) is 59.0 Å². The minimum Gasteiger partial charge on any atom is -0.306 e. The number of rotatable bonds is 2. The van der Waals surface area contributed by atoms with Gasteiger partial charge < -0.3 is 5.32 Å². The number of nitrogens with zero attached hydrogens (tertiary/aromatic N) is 3. The van der Waals surface area contributed by atoms with Crippen molar-refractivity contribution in [2.45, 2.75) is 6.92 Å². The summed E-state index contributed by atoms with van der Waals surface area (Å²) >= 11 is 5.85. The second-order valence-electron chi connectivity index (χ2n) is 4.53. The maximum atomic E-state index is 12.2. The lowest BCUT2D eigenvalue weighted by atomic mass is 10.2. The second-order valence-corrected chi connectivity index (χ2v) is 4.89. The van der Waals surface area contributed by atoms with Crippen molar-refractivity contribution >= 4 is 34.4 Å². The molecule has 0 aliphatic heterocycles. The molecule has 0 unspecified atom stereocenters. The molecule has 1 amide bonds. The summed E-state index contributed by atoms with van der Waals surface area (Å²) in [4.78, 5) is 24.6. The topological polar surface area (TPSA) is 67.8 Å². The molecule has 0 bridgehead atoms. The largest absolute Gasteiger partial charge is 0.306 e. The van der Waals surface area contributed by atoms with E-state index in [2.05, 4.69) is 20.3 Å². The predicted octanol–water partition coefficient (Wildman–Crippen LogP) is 3.24. The molecule has 0 saturated carbocycles. The van der Waals surface area contributed by atoms with E-state index in [0.29, 0.717) is 22.2 Å². The summed E-state index contributed by atoms with van der Waals surface area (Å²) in [7, 11) is 0. The number of fused-ring (bicyclic) bond motifs is 1. The number of nitrogens with one attached hydrogen (secondary N) is 1. The van der Waals surface area contributed by atoms with Crippen LogP contribution in [-0.4, -0.2) is 20.9 Å². The Bertz CT molecular complexity index is 835. The molecule has 0 aliphatic rings. The van der Waals surface area contributed by atoms with Crippen LogP contribution in [0.3, 0.4) is 0 Å². The van der Waals surface area contributed by atoms with Crippen molar-refractivity contribution < 1.29 is 4.79 Å². The number of anilines is 1. The van der Waals surface area contributed by atoms with Crippen LogP contribution in [0.5, 0.6) is 0 Å². The van der Waals surface area contributed by atoms with E-state index in [9.17, 15) is 4.79 Å². The summed E-state index contributed by atoms with van der Waals surface area (Å²) in [6.07, 6.45) is 3.09. The van der Waals surface area contributed by atoms with E-state index in [1.54, 1.807) is 25.3 Å². The minimum absolute atomic E-state index is 0.287. The Hall–Kier alpha value is -2.53. The fraction of sp³-hybridized carbons (Fsp3) is 0.0667. The molecule has 0 spiro atoms. The second kappa shape index (κ2) is 5.46. The smallest absolute Gasteiger partial charge is 0.258 e. The Kier molecular flexibility index (Phi) is 3.50. The molecule has 3 aromatic rings. The highest BCUT2D eigenvalue weighted by atomic mass is 35.5. The normalized spacial score (nSPS) is 10.6. The van der Waals surface area contributed by atoms with Crippen molar-refractivity contribution in [1.82, 2.24) is 15.0 Å². The molecule has 3 aromatic heterocycles. The fourth-order valence-corrected chi connectivity index (χ4v) is 2.00. The molecule has 6 heteroatoms. The molecule has 3 rings (SSSR count). The Morgan fingerprint density at radius 1 is 1.24 bits per heavy atom. The SMILES string of the molecule is Cc1cc(C(=O)Nc2ccc3cccnc3n2)cnc1Cl. The quantitative estimate of drug-likeness (QED) is 0.738. The highest BCUT2D eigenvalue weighted by molar-refractivity contribution is 6.30. The van der Waals surface area contributed by atoms with E-state index >= 15 is 0 Å². The lowest BCUT2D eigenvalue weighted by Gasteiger charge is -2.06. The van der Waals surface area contributed by atoms with Crippen LogP contribution in [0.15, 0.2) is 42.7 Å². The van der Waals surface area contributed by atoms with Gasteiger partial charge in [-0.2, -0.15) is 0 Å². The first-order chi connectivity index (χ1) is 10.1. The summed E-state index contributed by atoms with van der Waals surface area (Å²) in [6, 6.07) is 9.02. The molecular weight excluding hydrogens is 288 g/mol. The number of pyridine rings is 3. The zero-order valence-corrected chi connectivity index (χ0v) is 11.9. The number of aromatic nitrogens is 3. The number of amides is 1. The minimum atomic E-state index is -0.287. The maximum Gasteiger partial charge on any atom is 0.258 e. The Morgan fingerprint density at radius 2 is 2.10 bits per heavy atom. The van der Waals surface area contributed by atoms with Gasteiger partial charge in [-0.15, -0.1) is 0 Å². The standard InChI is InChI=1S/C15H11ClN4O/c1-9-7-11(8-18-13(9)16)15(21)20-12-5-4-10-3-2-6-17-14(10)19-12/h2-8H,1H3,(H,17,19,20,21). The third kappa shape index (κ3) is 2.83. The first kappa shape index (κ1) is 13.5. The Morgan fingerprint density at radius 3 is 2.90 bits per heavy atom. The average molecular weight is 299 g/mol. The molecule has 0 saturated heterocycles. The number of hydrogen-bond acceptors (Lipinski definition) is 4. The third-order valence-corrected chi connectivity index (χ3v) is 3.38. The van der Waals surface area contributed by atoms with Gasteiger partial charge in [0.15, 0.2) is 5.65 Å². The number of carbonyl (C=O) groups is 1. The molecule has 0 fully saturated rings. The van der Waals surface area contributed by atoms with Gasteiger partial charge in [0.25, 0.3) is 5.91 Å². The van der Waals surface area contributed by atoms with Crippen molar-refractivity contribution in [2.24, 2.45) is 0 Å². The number of halogens is 1. The van der Waals surface area contributed by atoms with Crippen molar-refractivity contribution in [2.75, 3.05) is 5.32 Å². The van der Waals surface area contributed by atoms with E-state index in [-0.39, 0.29) is 5.91 Å². The van der Waals surface area contributed by atoms with Gasteiger partial charge >= 0.3 is 0 Å².